The maximum Gasteiger partial charge on any atom is 0.227 e. The first-order valence-electron chi connectivity index (χ1n) is 11.7. The average Bonchev–Trinajstić information content (AvgIpc) is 3.07. The number of pyridine rings is 1. The minimum atomic E-state index is 0.0849. The molecule has 2 saturated heterocycles. The van der Waals surface area contributed by atoms with Crippen LogP contribution >= 0.6 is 0 Å². The topological polar surface area (TPSA) is 67.2 Å². The summed E-state index contributed by atoms with van der Waals surface area (Å²) < 4.78 is 2.38. The van der Waals surface area contributed by atoms with Gasteiger partial charge in [-0.1, -0.05) is 12.5 Å². The van der Waals surface area contributed by atoms with Crippen molar-refractivity contribution < 1.29 is 4.79 Å². The summed E-state index contributed by atoms with van der Waals surface area (Å²) in [6.07, 6.45) is 10.7. The molecule has 1 amide bonds. The van der Waals surface area contributed by atoms with Gasteiger partial charge >= 0.3 is 0 Å². The molecule has 0 bridgehead atoms. The third kappa shape index (κ3) is 3.94. The molecule has 2 aromatic rings. The van der Waals surface area contributed by atoms with E-state index in [1.807, 2.05) is 24.4 Å². The third-order valence-corrected chi connectivity index (χ3v) is 7.05. The van der Waals surface area contributed by atoms with Gasteiger partial charge in [-0.25, -0.2) is 4.98 Å². The number of fused-ring (bicyclic) bond motifs is 1. The van der Waals surface area contributed by atoms with E-state index in [1.165, 1.54) is 19.3 Å². The molecule has 3 aliphatic rings. The maximum absolute atomic E-state index is 13.2. The summed E-state index contributed by atoms with van der Waals surface area (Å²) in [6.45, 7) is 4.51. The Balaban J connectivity index is 1.20. The van der Waals surface area contributed by atoms with E-state index < -0.39 is 0 Å². The van der Waals surface area contributed by atoms with E-state index in [0.717, 1.165) is 82.3 Å². The summed E-state index contributed by atoms with van der Waals surface area (Å²) in [4.78, 5) is 22.1. The predicted molar refractivity (Wildman–Crippen MR) is 115 cm³/mol. The summed E-state index contributed by atoms with van der Waals surface area (Å²) in [6, 6.07) is 6.00. The monoisotopic (exact) mass is 408 g/mol. The molecule has 0 radical (unpaired) electrons. The third-order valence-electron chi connectivity index (χ3n) is 7.05. The molecule has 0 aromatic carbocycles. The predicted octanol–water partition coefficient (Wildman–Crippen LogP) is 3.02. The second-order valence-electron chi connectivity index (χ2n) is 9.01. The molecule has 5 rings (SSSR count). The standard InChI is InChI=1S/C23H32N6O/c30-23(19-7-6-13-28(17-19)20-8-3-4-12-24-20)27-15-10-18(11-16-27)22-26-25-21-9-2-1-5-14-29(21)22/h3-4,8,12,18-19H,1-2,5-7,9-11,13-17H2/t19-/m1/s1. The summed E-state index contributed by atoms with van der Waals surface area (Å²) in [5, 5.41) is 9.04. The Kier molecular flexibility index (Phi) is 5.69. The number of nitrogens with zero attached hydrogens (tertiary/aromatic N) is 6. The van der Waals surface area contributed by atoms with Gasteiger partial charge in [0.15, 0.2) is 0 Å². The molecule has 30 heavy (non-hydrogen) atoms. The molecule has 0 unspecified atom stereocenters. The first kappa shape index (κ1) is 19.5. The number of aryl methyl sites for hydroxylation is 1. The van der Waals surface area contributed by atoms with Crippen molar-refractivity contribution in [2.45, 2.75) is 63.8 Å². The smallest absolute Gasteiger partial charge is 0.227 e. The fraction of sp³-hybridized carbons (Fsp3) is 0.652. The summed E-state index contributed by atoms with van der Waals surface area (Å²) in [7, 11) is 0. The first-order chi connectivity index (χ1) is 14.8. The minimum Gasteiger partial charge on any atom is -0.356 e. The van der Waals surface area contributed by atoms with Crippen LogP contribution in [0, 0.1) is 5.92 Å². The van der Waals surface area contributed by atoms with E-state index in [2.05, 4.69) is 29.5 Å². The van der Waals surface area contributed by atoms with Crippen molar-refractivity contribution in [2.24, 2.45) is 5.92 Å². The van der Waals surface area contributed by atoms with Gasteiger partial charge in [-0.15, -0.1) is 10.2 Å². The van der Waals surface area contributed by atoms with Gasteiger partial charge in [0.05, 0.1) is 5.92 Å². The summed E-state index contributed by atoms with van der Waals surface area (Å²) in [5.41, 5.74) is 0. The first-order valence-corrected chi connectivity index (χ1v) is 11.7. The molecule has 0 aliphatic carbocycles. The molecule has 7 nitrogen and oxygen atoms in total. The van der Waals surface area contributed by atoms with Gasteiger partial charge in [-0.2, -0.15) is 0 Å². The highest BCUT2D eigenvalue weighted by molar-refractivity contribution is 5.80. The van der Waals surface area contributed by atoms with E-state index in [4.69, 9.17) is 0 Å². The van der Waals surface area contributed by atoms with Crippen molar-refractivity contribution in [3.05, 3.63) is 36.0 Å². The van der Waals surface area contributed by atoms with E-state index in [1.54, 1.807) is 0 Å². The van der Waals surface area contributed by atoms with Gasteiger partial charge < -0.3 is 14.4 Å². The lowest BCUT2D eigenvalue weighted by Crippen LogP contribution is -2.47. The molecule has 160 valence electrons. The summed E-state index contributed by atoms with van der Waals surface area (Å²) >= 11 is 0. The molecule has 2 aromatic heterocycles. The summed E-state index contributed by atoms with van der Waals surface area (Å²) in [5.74, 6) is 4.16. The lowest BCUT2D eigenvalue weighted by Gasteiger charge is -2.38. The lowest BCUT2D eigenvalue weighted by atomic mass is 9.92. The highest BCUT2D eigenvalue weighted by Gasteiger charge is 2.33. The van der Waals surface area contributed by atoms with Gasteiger partial charge in [0.25, 0.3) is 0 Å². The van der Waals surface area contributed by atoms with E-state index >= 15 is 0 Å². The van der Waals surface area contributed by atoms with Crippen LogP contribution in [0.25, 0.3) is 0 Å². The highest BCUT2D eigenvalue weighted by atomic mass is 16.2. The van der Waals surface area contributed by atoms with Gasteiger partial charge in [0.1, 0.15) is 17.5 Å². The zero-order valence-electron chi connectivity index (χ0n) is 17.7. The Labute approximate surface area is 178 Å². The number of rotatable bonds is 3. The molecule has 0 saturated carbocycles. The van der Waals surface area contributed by atoms with Crippen LogP contribution in [-0.2, 0) is 17.8 Å². The normalized spacial score (nSPS) is 23.1. The number of aromatic nitrogens is 4. The van der Waals surface area contributed by atoms with Crippen molar-refractivity contribution in [3.8, 4) is 0 Å². The second-order valence-corrected chi connectivity index (χ2v) is 9.01. The Bertz CT molecular complexity index is 858. The number of hydrogen-bond acceptors (Lipinski definition) is 5. The molecule has 7 heteroatoms. The molecule has 0 spiro atoms. The molecule has 2 fully saturated rings. The van der Waals surface area contributed by atoms with E-state index in [9.17, 15) is 4.79 Å². The van der Waals surface area contributed by atoms with Crippen molar-refractivity contribution in [1.29, 1.82) is 0 Å². The van der Waals surface area contributed by atoms with Crippen molar-refractivity contribution in [2.75, 3.05) is 31.1 Å². The van der Waals surface area contributed by atoms with Crippen LogP contribution in [0.2, 0.25) is 0 Å². The zero-order chi connectivity index (χ0) is 20.3. The van der Waals surface area contributed by atoms with Crippen LogP contribution in [0.5, 0.6) is 0 Å². The lowest BCUT2D eigenvalue weighted by molar-refractivity contribution is -0.136. The Morgan fingerprint density at radius 2 is 1.83 bits per heavy atom. The fourth-order valence-electron chi connectivity index (χ4n) is 5.35. The van der Waals surface area contributed by atoms with Crippen LogP contribution in [-0.4, -0.2) is 56.7 Å². The Hall–Kier alpha value is -2.44. The largest absolute Gasteiger partial charge is 0.356 e. The van der Waals surface area contributed by atoms with Crippen LogP contribution in [0.1, 0.15) is 62.5 Å². The molecule has 5 heterocycles. The number of likely N-dealkylation sites (tertiary alicyclic amines) is 1. The van der Waals surface area contributed by atoms with Crippen molar-refractivity contribution in [1.82, 2.24) is 24.6 Å². The Morgan fingerprint density at radius 3 is 2.67 bits per heavy atom. The number of carbonyl (C=O) groups is 1. The second kappa shape index (κ2) is 8.74. The molecule has 3 aliphatic heterocycles. The van der Waals surface area contributed by atoms with Crippen molar-refractivity contribution in [3.63, 3.8) is 0 Å². The van der Waals surface area contributed by atoms with Crippen LogP contribution in [0.15, 0.2) is 24.4 Å². The van der Waals surface area contributed by atoms with Crippen LogP contribution in [0.4, 0.5) is 5.82 Å². The molecular formula is C23H32N6O. The number of anilines is 1. The maximum atomic E-state index is 13.2. The highest BCUT2D eigenvalue weighted by Crippen LogP contribution is 2.31. The molecular weight excluding hydrogens is 376 g/mol. The Morgan fingerprint density at radius 1 is 0.933 bits per heavy atom. The van der Waals surface area contributed by atoms with Crippen LogP contribution in [0.3, 0.4) is 0 Å². The van der Waals surface area contributed by atoms with E-state index in [-0.39, 0.29) is 5.92 Å². The SMILES string of the molecule is O=C([C@@H]1CCCN(c2ccccn2)C1)N1CCC(c2nnc3n2CCCCC3)CC1. The van der Waals surface area contributed by atoms with Gasteiger partial charge in [-0.05, 0) is 50.7 Å². The molecule has 1 atom stereocenters. The minimum absolute atomic E-state index is 0.0849. The van der Waals surface area contributed by atoms with E-state index in [0.29, 0.717) is 11.8 Å². The number of piperidine rings is 2. The van der Waals surface area contributed by atoms with Crippen molar-refractivity contribution >= 4 is 11.7 Å². The quantitative estimate of drug-likeness (QED) is 0.781. The van der Waals surface area contributed by atoms with Gasteiger partial charge in [-0.3, -0.25) is 4.79 Å². The average molecular weight is 409 g/mol. The van der Waals surface area contributed by atoms with Crippen LogP contribution < -0.4 is 4.90 Å². The molecule has 0 N–H and O–H groups in total. The zero-order valence-corrected chi connectivity index (χ0v) is 17.7. The van der Waals surface area contributed by atoms with Gasteiger partial charge in [0, 0.05) is 51.3 Å². The number of carbonyl (C=O) groups excluding carboxylic acids is 1. The van der Waals surface area contributed by atoms with Gasteiger partial charge in [0.2, 0.25) is 5.91 Å². The number of amides is 1. The number of hydrogen-bond donors (Lipinski definition) is 0. The fourth-order valence-corrected chi connectivity index (χ4v) is 5.35.